The van der Waals surface area contributed by atoms with Crippen LogP contribution in [0.3, 0.4) is 0 Å². The smallest absolute Gasteiger partial charge is 0.326 e. The maximum absolute atomic E-state index is 13.4. The number of carbonyl (C=O) groups is 4. The van der Waals surface area contributed by atoms with Gasteiger partial charge < -0.3 is 32.1 Å². The normalized spacial score (nSPS) is 19.8. The van der Waals surface area contributed by atoms with Gasteiger partial charge >= 0.3 is 5.97 Å². The lowest BCUT2D eigenvalue weighted by atomic mass is 9.96. The predicted molar refractivity (Wildman–Crippen MR) is 121 cm³/mol. The molecule has 1 heterocycles. The molecule has 1 rings (SSSR count). The maximum Gasteiger partial charge on any atom is 0.326 e. The number of likely N-dealkylation sites (tertiary alicyclic amines) is 1. The van der Waals surface area contributed by atoms with Crippen molar-refractivity contribution < 1.29 is 24.3 Å². The topological polar surface area (TPSA) is 168 Å². The molecule has 1 fully saturated rings. The minimum absolute atomic E-state index is 0.0831. The van der Waals surface area contributed by atoms with Crippen LogP contribution >= 0.6 is 0 Å². The van der Waals surface area contributed by atoms with Gasteiger partial charge in [0.15, 0.2) is 0 Å². The van der Waals surface area contributed by atoms with Crippen LogP contribution in [0.2, 0.25) is 0 Å². The van der Waals surface area contributed by atoms with Gasteiger partial charge in [-0.3, -0.25) is 14.4 Å². The third kappa shape index (κ3) is 7.74. The molecule has 0 radical (unpaired) electrons. The fourth-order valence-corrected chi connectivity index (χ4v) is 3.74. The lowest BCUT2D eigenvalue weighted by molar-refractivity contribution is -0.145. The van der Waals surface area contributed by atoms with E-state index in [1.165, 1.54) is 4.90 Å². The number of nitrogens with two attached hydrogens (primary N) is 2. The molecule has 1 aliphatic rings. The molecule has 0 aromatic carbocycles. The van der Waals surface area contributed by atoms with Gasteiger partial charge in [-0.1, -0.05) is 34.1 Å². The highest BCUT2D eigenvalue weighted by molar-refractivity contribution is 5.94. The van der Waals surface area contributed by atoms with E-state index in [2.05, 4.69) is 10.6 Å². The Morgan fingerprint density at radius 2 is 1.78 bits per heavy atom. The first-order valence-electron chi connectivity index (χ1n) is 11.6. The summed E-state index contributed by atoms with van der Waals surface area (Å²) in [6, 6.07) is -3.33. The van der Waals surface area contributed by atoms with Crippen LogP contribution in [0.5, 0.6) is 0 Å². The van der Waals surface area contributed by atoms with Gasteiger partial charge in [0.05, 0.1) is 6.04 Å². The number of carboxylic acid groups (broad SMARTS) is 1. The molecule has 5 atom stereocenters. The third-order valence-corrected chi connectivity index (χ3v) is 6.20. The number of carbonyl (C=O) groups excluding carboxylic acids is 3. The van der Waals surface area contributed by atoms with E-state index >= 15 is 0 Å². The first kappa shape index (κ1) is 27.8. The number of rotatable bonds is 13. The first-order chi connectivity index (χ1) is 15.0. The molecule has 10 nitrogen and oxygen atoms in total. The Labute approximate surface area is 190 Å². The third-order valence-electron chi connectivity index (χ3n) is 6.20. The van der Waals surface area contributed by atoms with Crippen molar-refractivity contribution in [2.24, 2.45) is 23.3 Å². The summed E-state index contributed by atoms with van der Waals surface area (Å²) in [4.78, 5) is 51.8. The second-order valence-electron chi connectivity index (χ2n) is 9.02. The number of hydrogen-bond acceptors (Lipinski definition) is 6. The summed E-state index contributed by atoms with van der Waals surface area (Å²) in [6.07, 6.45) is 3.25. The molecule has 184 valence electrons. The van der Waals surface area contributed by atoms with Crippen molar-refractivity contribution in [2.45, 2.75) is 90.4 Å². The Bertz CT molecular complexity index is 657. The molecule has 1 aliphatic heterocycles. The molecule has 0 bridgehead atoms. The van der Waals surface area contributed by atoms with Crippen LogP contribution in [-0.4, -0.2) is 71.0 Å². The molecular weight excluding hydrogens is 414 g/mol. The van der Waals surface area contributed by atoms with Gasteiger partial charge in [0.1, 0.15) is 18.1 Å². The van der Waals surface area contributed by atoms with Gasteiger partial charge in [-0.05, 0) is 50.5 Å². The number of carboxylic acids is 1. The van der Waals surface area contributed by atoms with E-state index in [9.17, 15) is 24.3 Å². The van der Waals surface area contributed by atoms with Crippen molar-refractivity contribution in [2.75, 3.05) is 13.1 Å². The van der Waals surface area contributed by atoms with Crippen molar-refractivity contribution in [3.8, 4) is 0 Å². The van der Waals surface area contributed by atoms with Crippen LogP contribution < -0.4 is 22.1 Å². The van der Waals surface area contributed by atoms with Crippen LogP contribution in [0, 0.1) is 11.8 Å². The second-order valence-corrected chi connectivity index (χ2v) is 9.02. The molecule has 7 N–H and O–H groups in total. The van der Waals surface area contributed by atoms with Crippen molar-refractivity contribution >= 4 is 23.7 Å². The summed E-state index contributed by atoms with van der Waals surface area (Å²) in [6.45, 7) is 8.28. The molecule has 0 saturated carbocycles. The summed E-state index contributed by atoms with van der Waals surface area (Å²) in [5.74, 6) is -2.57. The van der Waals surface area contributed by atoms with Gasteiger partial charge in [-0.25, -0.2) is 4.79 Å². The standard InChI is InChI=1S/C22H41N5O5/c1-5-14(4)18(26-20(29)17(24)13(2)3)21(30)27-12-8-10-16(27)19(28)25-15(22(31)32)9-6-7-11-23/h13-18H,5-12,23-24H2,1-4H3,(H,25,28)(H,26,29)(H,31,32). The van der Waals surface area contributed by atoms with Crippen LogP contribution in [-0.2, 0) is 19.2 Å². The molecule has 32 heavy (non-hydrogen) atoms. The summed E-state index contributed by atoms with van der Waals surface area (Å²) in [5.41, 5.74) is 11.4. The molecule has 0 aliphatic carbocycles. The average Bonchev–Trinajstić information content (AvgIpc) is 3.24. The van der Waals surface area contributed by atoms with Crippen LogP contribution in [0.15, 0.2) is 0 Å². The van der Waals surface area contributed by atoms with Crippen molar-refractivity contribution in [3.05, 3.63) is 0 Å². The highest BCUT2D eigenvalue weighted by Gasteiger charge is 2.40. The van der Waals surface area contributed by atoms with Crippen LogP contribution in [0.25, 0.3) is 0 Å². The van der Waals surface area contributed by atoms with E-state index in [0.29, 0.717) is 45.2 Å². The Kier molecular flexibility index (Phi) is 11.6. The number of nitrogens with zero attached hydrogens (tertiary/aromatic N) is 1. The largest absolute Gasteiger partial charge is 0.480 e. The number of hydrogen-bond donors (Lipinski definition) is 5. The highest BCUT2D eigenvalue weighted by Crippen LogP contribution is 2.22. The number of unbranched alkanes of at least 4 members (excludes halogenated alkanes) is 1. The second kappa shape index (κ2) is 13.4. The molecule has 0 aromatic heterocycles. The minimum Gasteiger partial charge on any atom is -0.480 e. The van der Waals surface area contributed by atoms with Gasteiger partial charge in [0, 0.05) is 6.54 Å². The summed E-state index contributed by atoms with van der Waals surface area (Å²) in [5, 5.41) is 14.8. The average molecular weight is 456 g/mol. The molecule has 0 spiro atoms. The zero-order valence-corrected chi connectivity index (χ0v) is 19.8. The van der Waals surface area contributed by atoms with E-state index in [1.54, 1.807) is 0 Å². The Balaban J connectivity index is 2.94. The molecule has 0 aromatic rings. The predicted octanol–water partition coefficient (Wildman–Crippen LogP) is 0.190. The first-order valence-corrected chi connectivity index (χ1v) is 11.6. The Morgan fingerprint density at radius 3 is 2.31 bits per heavy atom. The maximum atomic E-state index is 13.4. The van der Waals surface area contributed by atoms with E-state index in [1.807, 2.05) is 27.7 Å². The van der Waals surface area contributed by atoms with Gasteiger partial charge in [0.25, 0.3) is 0 Å². The molecule has 5 unspecified atom stereocenters. The summed E-state index contributed by atoms with van der Waals surface area (Å²) in [7, 11) is 0. The zero-order chi connectivity index (χ0) is 24.4. The van der Waals surface area contributed by atoms with E-state index < -0.39 is 42.0 Å². The summed E-state index contributed by atoms with van der Waals surface area (Å²) < 4.78 is 0. The Hall–Kier alpha value is -2.20. The SMILES string of the molecule is CCC(C)C(NC(=O)C(N)C(C)C)C(=O)N1CCCC1C(=O)NC(CCCCN)C(=O)O. The van der Waals surface area contributed by atoms with Crippen molar-refractivity contribution in [1.82, 2.24) is 15.5 Å². The Morgan fingerprint density at radius 1 is 1.12 bits per heavy atom. The van der Waals surface area contributed by atoms with Crippen molar-refractivity contribution in [1.29, 1.82) is 0 Å². The fourth-order valence-electron chi connectivity index (χ4n) is 3.74. The molecule has 3 amide bonds. The lowest BCUT2D eigenvalue weighted by Gasteiger charge is -2.32. The molecular formula is C22H41N5O5. The fraction of sp³-hybridized carbons (Fsp3) is 0.818. The number of aliphatic carboxylic acids is 1. The van der Waals surface area contributed by atoms with Crippen molar-refractivity contribution in [3.63, 3.8) is 0 Å². The van der Waals surface area contributed by atoms with Gasteiger partial charge in [-0.2, -0.15) is 0 Å². The van der Waals surface area contributed by atoms with Gasteiger partial charge in [0.2, 0.25) is 17.7 Å². The number of amides is 3. The molecule has 1 saturated heterocycles. The monoisotopic (exact) mass is 455 g/mol. The zero-order valence-electron chi connectivity index (χ0n) is 19.8. The number of nitrogens with one attached hydrogen (secondary N) is 2. The van der Waals surface area contributed by atoms with Crippen LogP contribution in [0.1, 0.15) is 66.2 Å². The molecule has 10 heteroatoms. The van der Waals surface area contributed by atoms with Gasteiger partial charge in [-0.15, -0.1) is 0 Å². The van der Waals surface area contributed by atoms with E-state index in [0.717, 1.165) is 0 Å². The highest BCUT2D eigenvalue weighted by atomic mass is 16.4. The summed E-state index contributed by atoms with van der Waals surface area (Å²) >= 11 is 0. The van der Waals surface area contributed by atoms with Crippen LogP contribution in [0.4, 0.5) is 0 Å². The quantitative estimate of drug-likeness (QED) is 0.247. The van der Waals surface area contributed by atoms with E-state index in [-0.39, 0.29) is 24.2 Å². The minimum atomic E-state index is -1.11. The van der Waals surface area contributed by atoms with E-state index in [4.69, 9.17) is 11.5 Å². The lowest BCUT2D eigenvalue weighted by Crippen LogP contribution is -2.58.